The van der Waals surface area contributed by atoms with E-state index in [1.165, 1.54) is 11.5 Å². The van der Waals surface area contributed by atoms with Crippen LogP contribution in [0.15, 0.2) is 0 Å². The quantitative estimate of drug-likeness (QED) is 0.876. The summed E-state index contributed by atoms with van der Waals surface area (Å²) < 4.78 is 39.7. The van der Waals surface area contributed by atoms with Crippen molar-refractivity contribution in [3.63, 3.8) is 0 Å². The van der Waals surface area contributed by atoms with Crippen LogP contribution in [0.4, 0.5) is 13.2 Å². The fourth-order valence-electron chi connectivity index (χ4n) is 1.47. The van der Waals surface area contributed by atoms with Gasteiger partial charge in [-0.1, -0.05) is 4.49 Å². The summed E-state index contributed by atoms with van der Waals surface area (Å²) in [5, 5.41) is 6.84. The highest BCUT2D eigenvalue weighted by atomic mass is 32.1. The summed E-state index contributed by atoms with van der Waals surface area (Å²) in [4.78, 5) is 0.921. The number of aryl methyl sites for hydroxylation is 1. The SMILES string of the molecule is CNC(CCCC(F)(F)F)c1snnc1C. The lowest BCUT2D eigenvalue weighted by Gasteiger charge is -2.14. The predicted molar refractivity (Wildman–Crippen MR) is 56.4 cm³/mol. The second-order valence-electron chi connectivity index (χ2n) is 3.57. The summed E-state index contributed by atoms with van der Waals surface area (Å²) >= 11 is 1.24. The number of hydrogen-bond acceptors (Lipinski definition) is 4. The molecule has 0 aliphatic heterocycles. The third kappa shape index (κ3) is 4.05. The van der Waals surface area contributed by atoms with Gasteiger partial charge in [0.15, 0.2) is 0 Å². The zero-order valence-electron chi connectivity index (χ0n) is 9.14. The van der Waals surface area contributed by atoms with Crippen molar-refractivity contribution in [2.75, 3.05) is 7.05 Å². The summed E-state index contributed by atoms with van der Waals surface area (Å²) in [6, 6.07) is -0.0812. The van der Waals surface area contributed by atoms with Crippen molar-refractivity contribution in [1.29, 1.82) is 0 Å². The molecule has 0 spiro atoms. The zero-order chi connectivity index (χ0) is 12.2. The molecule has 16 heavy (non-hydrogen) atoms. The first kappa shape index (κ1) is 13.4. The smallest absolute Gasteiger partial charge is 0.312 e. The summed E-state index contributed by atoms with van der Waals surface area (Å²) in [5.74, 6) is 0. The number of rotatable bonds is 5. The molecule has 0 radical (unpaired) electrons. The molecule has 1 heterocycles. The van der Waals surface area contributed by atoms with E-state index in [9.17, 15) is 13.2 Å². The largest absolute Gasteiger partial charge is 0.389 e. The topological polar surface area (TPSA) is 37.8 Å². The lowest BCUT2D eigenvalue weighted by molar-refractivity contribution is -0.135. The van der Waals surface area contributed by atoms with Crippen LogP contribution in [0.2, 0.25) is 0 Å². The van der Waals surface area contributed by atoms with E-state index in [0.29, 0.717) is 6.42 Å². The van der Waals surface area contributed by atoms with Gasteiger partial charge in [0.1, 0.15) is 0 Å². The molecule has 1 aromatic rings. The molecule has 3 nitrogen and oxygen atoms in total. The first-order valence-corrected chi connectivity index (χ1v) is 5.74. The standard InChI is InChI=1S/C9H14F3N3S/c1-6-8(16-15-14-6)7(13-2)4-3-5-9(10,11)12/h7,13H,3-5H2,1-2H3. The fourth-order valence-corrected chi connectivity index (χ4v) is 2.26. The average molecular weight is 253 g/mol. The van der Waals surface area contributed by atoms with Crippen molar-refractivity contribution < 1.29 is 13.2 Å². The highest BCUT2D eigenvalue weighted by Crippen LogP contribution is 2.28. The molecule has 0 saturated heterocycles. The number of nitrogens with one attached hydrogen (secondary N) is 1. The van der Waals surface area contributed by atoms with Gasteiger partial charge in [0.05, 0.1) is 10.6 Å². The molecule has 92 valence electrons. The second-order valence-corrected chi connectivity index (χ2v) is 4.36. The van der Waals surface area contributed by atoms with Crippen molar-refractivity contribution >= 4 is 11.5 Å². The van der Waals surface area contributed by atoms with Gasteiger partial charge in [0.25, 0.3) is 0 Å². The summed E-state index contributed by atoms with van der Waals surface area (Å²) in [6.07, 6.45) is -4.25. The number of aromatic nitrogens is 2. The Labute approximate surface area is 96.2 Å². The van der Waals surface area contributed by atoms with E-state index in [-0.39, 0.29) is 12.5 Å². The molecule has 0 aliphatic carbocycles. The number of alkyl halides is 3. The van der Waals surface area contributed by atoms with Gasteiger partial charge in [-0.05, 0) is 38.3 Å². The number of hydrogen-bond donors (Lipinski definition) is 1. The van der Waals surface area contributed by atoms with Crippen molar-refractivity contribution in [3.8, 4) is 0 Å². The van der Waals surface area contributed by atoms with Crippen LogP contribution in [0.25, 0.3) is 0 Å². The number of halogens is 3. The van der Waals surface area contributed by atoms with Crippen molar-refractivity contribution in [2.45, 2.75) is 38.4 Å². The normalized spacial score (nSPS) is 14.1. The molecule has 1 unspecified atom stereocenters. The minimum Gasteiger partial charge on any atom is -0.312 e. The predicted octanol–water partition coefficient (Wildman–Crippen LogP) is 2.84. The highest BCUT2D eigenvalue weighted by Gasteiger charge is 2.27. The molecule has 7 heteroatoms. The van der Waals surface area contributed by atoms with Gasteiger partial charge in [-0.15, -0.1) is 5.10 Å². The van der Waals surface area contributed by atoms with Gasteiger partial charge in [-0.3, -0.25) is 0 Å². The van der Waals surface area contributed by atoms with Gasteiger partial charge in [0.2, 0.25) is 0 Å². The van der Waals surface area contributed by atoms with Gasteiger partial charge in [0, 0.05) is 12.5 Å². The van der Waals surface area contributed by atoms with Gasteiger partial charge < -0.3 is 5.32 Å². The molecular weight excluding hydrogens is 239 g/mol. The number of nitrogens with zero attached hydrogens (tertiary/aromatic N) is 2. The van der Waals surface area contributed by atoms with Crippen molar-refractivity contribution in [2.24, 2.45) is 0 Å². The van der Waals surface area contributed by atoms with Crippen LogP contribution in [-0.4, -0.2) is 22.8 Å². The van der Waals surface area contributed by atoms with E-state index in [0.717, 1.165) is 10.6 Å². The third-order valence-electron chi connectivity index (χ3n) is 2.30. The maximum Gasteiger partial charge on any atom is 0.389 e. The molecule has 0 amide bonds. The monoisotopic (exact) mass is 253 g/mol. The van der Waals surface area contributed by atoms with Crippen LogP contribution < -0.4 is 5.32 Å². The zero-order valence-corrected chi connectivity index (χ0v) is 9.95. The van der Waals surface area contributed by atoms with Gasteiger partial charge >= 0.3 is 6.18 Å². The van der Waals surface area contributed by atoms with E-state index in [1.54, 1.807) is 7.05 Å². The summed E-state index contributed by atoms with van der Waals surface area (Å²) in [5.41, 5.74) is 0.788. The maximum absolute atomic E-state index is 12.0. The molecule has 0 aliphatic rings. The van der Waals surface area contributed by atoms with Crippen LogP contribution in [0.3, 0.4) is 0 Å². The molecule has 1 N–H and O–H groups in total. The Kier molecular flexibility index (Phi) is 4.67. The Balaban J connectivity index is 2.48. The van der Waals surface area contributed by atoms with Crippen LogP contribution in [0.1, 0.15) is 35.9 Å². The van der Waals surface area contributed by atoms with Crippen LogP contribution in [-0.2, 0) is 0 Å². The third-order valence-corrected chi connectivity index (χ3v) is 3.24. The Morgan fingerprint density at radius 1 is 1.44 bits per heavy atom. The Morgan fingerprint density at radius 3 is 2.56 bits per heavy atom. The molecule has 0 bridgehead atoms. The summed E-state index contributed by atoms with van der Waals surface area (Å²) in [7, 11) is 1.73. The van der Waals surface area contributed by atoms with E-state index in [1.807, 2.05) is 6.92 Å². The second kappa shape index (κ2) is 5.58. The lowest BCUT2D eigenvalue weighted by atomic mass is 10.1. The average Bonchev–Trinajstić information content (AvgIpc) is 2.58. The first-order valence-electron chi connectivity index (χ1n) is 4.97. The van der Waals surface area contributed by atoms with Crippen molar-refractivity contribution in [1.82, 2.24) is 14.9 Å². The fraction of sp³-hybridized carbons (Fsp3) is 0.778. The Hall–Kier alpha value is -0.690. The van der Waals surface area contributed by atoms with Crippen LogP contribution in [0.5, 0.6) is 0 Å². The molecule has 1 rings (SSSR count). The lowest BCUT2D eigenvalue weighted by Crippen LogP contribution is -2.17. The van der Waals surface area contributed by atoms with E-state index < -0.39 is 12.6 Å². The van der Waals surface area contributed by atoms with Crippen molar-refractivity contribution in [3.05, 3.63) is 10.6 Å². The van der Waals surface area contributed by atoms with E-state index in [4.69, 9.17) is 0 Å². The Morgan fingerprint density at radius 2 is 2.12 bits per heavy atom. The van der Waals surface area contributed by atoms with Gasteiger partial charge in [-0.2, -0.15) is 13.2 Å². The minimum absolute atomic E-state index is 0.0812. The van der Waals surface area contributed by atoms with E-state index in [2.05, 4.69) is 14.9 Å². The minimum atomic E-state index is -4.07. The molecule has 0 fully saturated rings. The first-order chi connectivity index (χ1) is 7.44. The van der Waals surface area contributed by atoms with Crippen LogP contribution in [0, 0.1) is 6.92 Å². The maximum atomic E-state index is 12.0. The summed E-state index contributed by atoms with van der Waals surface area (Å²) in [6.45, 7) is 1.81. The highest BCUT2D eigenvalue weighted by molar-refractivity contribution is 7.05. The van der Waals surface area contributed by atoms with Crippen LogP contribution >= 0.6 is 11.5 Å². The Bertz CT molecular complexity index is 324. The van der Waals surface area contributed by atoms with Gasteiger partial charge in [-0.25, -0.2) is 0 Å². The molecule has 1 aromatic heterocycles. The van der Waals surface area contributed by atoms with E-state index >= 15 is 0 Å². The molecule has 0 aromatic carbocycles. The molecular formula is C9H14F3N3S. The molecule has 0 saturated carbocycles. The molecule has 1 atom stereocenters.